The zero-order valence-electron chi connectivity index (χ0n) is 15.8. The summed E-state index contributed by atoms with van der Waals surface area (Å²) in [6, 6.07) is 16.6. The molecule has 0 amide bonds. The lowest BCUT2D eigenvalue weighted by Gasteiger charge is -2.19. The van der Waals surface area contributed by atoms with Crippen LogP contribution in [0.2, 0.25) is 0 Å². The summed E-state index contributed by atoms with van der Waals surface area (Å²) in [7, 11) is 1.57. The minimum absolute atomic E-state index is 0.135. The molecule has 1 aliphatic heterocycles. The highest BCUT2D eigenvalue weighted by atomic mass is 16.6. The van der Waals surface area contributed by atoms with Crippen molar-refractivity contribution in [2.24, 2.45) is 0 Å². The Balaban J connectivity index is 1.64. The second-order valence-electron chi connectivity index (χ2n) is 6.61. The maximum absolute atomic E-state index is 9.83. The van der Waals surface area contributed by atoms with Crippen molar-refractivity contribution >= 4 is 17.2 Å². The van der Waals surface area contributed by atoms with Crippen LogP contribution in [0.25, 0.3) is 16.9 Å². The monoisotopic (exact) mass is 389 g/mol. The molecule has 1 aliphatic rings. The Kier molecular flexibility index (Phi) is 4.13. The van der Waals surface area contributed by atoms with E-state index in [9.17, 15) is 5.11 Å². The van der Waals surface area contributed by atoms with Gasteiger partial charge >= 0.3 is 0 Å². The molecule has 7 heteroatoms. The number of phenols is 1. The van der Waals surface area contributed by atoms with Gasteiger partial charge in [-0.15, -0.1) is 0 Å². The van der Waals surface area contributed by atoms with Crippen molar-refractivity contribution in [2.45, 2.75) is 0 Å². The van der Waals surface area contributed by atoms with Crippen molar-refractivity contribution in [3.63, 3.8) is 0 Å². The molecule has 0 spiro atoms. The topological polar surface area (TPSA) is 77.3 Å². The third-order valence-electron chi connectivity index (χ3n) is 4.78. The van der Waals surface area contributed by atoms with Gasteiger partial charge in [0.15, 0.2) is 11.5 Å². The maximum Gasteiger partial charge on any atom is 0.163 e. The molecule has 5 rings (SSSR count). The first-order chi connectivity index (χ1) is 14.2. The van der Waals surface area contributed by atoms with Crippen molar-refractivity contribution in [3.05, 3.63) is 60.8 Å². The average Bonchev–Trinajstić information content (AvgIpc) is 3.11. The first kappa shape index (κ1) is 17.2. The molecule has 2 N–H and O–H groups in total. The molecule has 2 aromatic heterocycles. The number of nitrogens with zero attached hydrogens (tertiary/aromatic N) is 2. The van der Waals surface area contributed by atoms with Crippen molar-refractivity contribution in [1.29, 1.82) is 0 Å². The summed E-state index contributed by atoms with van der Waals surface area (Å²) in [6.07, 6.45) is 1.94. The van der Waals surface area contributed by atoms with Gasteiger partial charge in [0.05, 0.1) is 7.11 Å². The second-order valence-corrected chi connectivity index (χ2v) is 6.61. The molecule has 0 aliphatic carbocycles. The normalized spacial score (nSPS) is 12.7. The first-order valence-corrected chi connectivity index (χ1v) is 9.24. The fraction of sp³-hybridized carbons (Fsp3) is 0.136. The Bertz CT molecular complexity index is 1200. The summed E-state index contributed by atoms with van der Waals surface area (Å²) in [5.74, 6) is 2.90. The van der Waals surface area contributed by atoms with E-state index in [0.717, 1.165) is 28.5 Å². The lowest BCUT2D eigenvalue weighted by atomic mass is 10.1. The van der Waals surface area contributed by atoms with E-state index >= 15 is 0 Å². The van der Waals surface area contributed by atoms with Crippen LogP contribution in [-0.4, -0.2) is 34.8 Å². The summed E-state index contributed by atoms with van der Waals surface area (Å²) < 4.78 is 18.8. The van der Waals surface area contributed by atoms with E-state index in [1.807, 2.05) is 47.0 Å². The second kappa shape index (κ2) is 6.94. The molecule has 0 saturated carbocycles. The molecule has 29 heavy (non-hydrogen) atoms. The SMILES string of the molecule is COc1cc(O)ccc1-c1nc2ccccn2c1Nc1ccc2c(c1)OCCO2. The van der Waals surface area contributed by atoms with E-state index in [-0.39, 0.29) is 5.75 Å². The third-order valence-corrected chi connectivity index (χ3v) is 4.78. The van der Waals surface area contributed by atoms with E-state index in [1.165, 1.54) is 0 Å². The maximum atomic E-state index is 9.83. The molecule has 7 nitrogen and oxygen atoms in total. The van der Waals surface area contributed by atoms with Crippen LogP contribution in [-0.2, 0) is 0 Å². The summed E-state index contributed by atoms with van der Waals surface area (Å²) in [5, 5.41) is 13.3. The molecule has 0 radical (unpaired) electrons. The van der Waals surface area contributed by atoms with E-state index < -0.39 is 0 Å². The Labute approximate surface area is 167 Å². The fourth-order valence-electron chi connectivity index (χ4n) is 3.44. The van der Waals surface area contributed by atoms with Crippen molar-refractivity contribution in [3.8, 4) is 34.3 Å². The van der Waals surface area contributed by atoms with E-state index in [2.05, 4.69) is 5.32 Å². The van der Waals surface area contributed by atoms with Gasteiger partial charge in [-0.3, -0.25) is 4.40 Å². The lowest BCUT2D eigenvalue weighted by Crippen LogP contribution is -2.15. The Hall–Kier alpha value is -3.87. The van der Waals surface area contributed by atoms with Crippen LogP contribution in [0.1, 0.15) is 0 Å². The van der Waals surface area contributed by atoms with Crippen molar-refractivity contribution in [1.82, 2.24) is 9.38 Å². The van der Waals surface area contributed by atoms with Gasteiger partial charge in [-0.25, -0.2) is 4.98 Å². The number of methoxy groups -OCH3 is 1. The van der Waals surface area contributed by atoms with Gasteiger partial charge in [0, 0.05) is 29.6 Å². The van der Waals surface area contributed by atoms with Gasteiger partial charge in [0.2, 0.25) is 0 Å². The number of anilines is 2. The molecular formula is C22H19N3O4. The van der Waals surface area contributed by atoms with Gasteiger partial charge < -0.3 is 24.6 Å². The number of hydrogen-bond donors (Lipinski definition) is 2. The number of aromatic nitrogens is 2. The van der Waals surface area contributed by atoms with Crippen molar-refractivity contribution in [2.75, 3.05) is 25.6 Å². The van der Waals surface area contributed by atoms with E-state index in [1.54, 1.807) is 25.3 Å². The number of fused-ring (bicyclic) bond motifs is 2. The summed E-state index contributed by atoms with van der Waals surface area (Å²) >= 11 is 0. The first-order valence-electron chi connectivity index (χ1n) is 9.24. The summed E-state index contributed by atoms with van der Waals surface area (Å²) in [5.41, 5.74) is 3.12. The van der Waals surface area contributed by atoms with Gasteiger partial charge in [0.1, 0.15) is 41.9 Å². The third kappa shape index (κ3) is 3.06. The van der Waals surface area contributed by atoms with E-state index in [4.69, 9.17) is 19.2 Å². The molecule has 2 aromatic carbocycles. The number of rotatable bonds is 4. The smallest absolute Gasteiger partial charge is 0.163 e. The van der Waals surface area contributed by atoms with Crippen LogP contribution in [0.15, 0.2) is 60.8 Å². The van der Waals surface area contributed by atoms with Crippen LogP contribution < -0.4 is 19.5 Å². The largest absolute Gasteiger partial charge is 0.508 e. The highest BCUT2D eigenvalue weighted by Crippen LogP contribution is 2.39. The Morgan fingerprint density at radius 3 is 2.76 bits per heavy atom. The predicted octanol–water partition coefficient (Wildman–Crippen LogP) is 4.23. The minimum atomic E-state index is 0.135. The number of phenolic OH excluding ortho intramolecular Hbond substituents is 1. The Morgan fingerprint density at radius 2 is 1.90 bits per heavy atom. The molecule has 146 valence electrons. The number of nitrogens with one attached hydrogen (secondary N) is 1. The van der Waals surface area contributed by atoms with E-state index in [0.29, 0.717) is 30.4 Å². The highest BCUT2D eigenvalue weighted by Gasteiger charge is 2.19. The van der Waals surface area contributed by atoms with Gasteiger partial charge in [-0.05, 0) is 36.4 Å². The number of hydrogen-bond acceptors (Lipinski definition) is 6. The van der Waals surface area contributed by atoms with Gasteiger partial charge in [-0.2, -0.15) is 0 Å². The summed E-state index contributed by atoms with van der Waals surface area (Å²) in [6.45, 7) is 1.08. The van der Waals surface area contributed by atoms with Crippen LogP contribution >= 0.6 is 0 Å². The molecule has 0 fully saturated rings. The minimum Gasteiger partial charge on any atom is -0.508 e. The molecule has 0 saturated heterocycles. The number of pyridine rings is 1. The zero-order valence-corrected chi connectivity index (χ0v) is 15.8. The molecular weight excluding hydrogens is 370 g/mol. The summed E-state index contributed by atoms with van der Waals surface area (Å²) in [4.78, 5) is 4.79. The van der Waals surface area contributed by atoms with Crippen LogP contribution in [0.5, 0.6) is 23.0 Å². The molecule has 0 unspecified atom stereocenters. The molecule has 4 aromatic rings. The zero-order chi connectivity index (χ0) is 19.8. The van der Waals surface area contributed by atoms with Crippen LogP contribution in [0, 0.1) is 0 Å². The van der Waals surface area contributed by atoms with Gasteiger partial charge in [-0.1, -0.05) is 6.07 Å². The predicted molar refractivity (Wildman–Crippen MR) is 110 cm³/mol. The van der Waals surface area contributed by atoms with Crippen LogP contribution in [0.4, 0.5) is 11.5 Å². The quantitative estimate of drug-likeness (QED) is 0.544. The number of aromatic hydroxyl groups is 1. The van der Waals surface area contributed by atoms with Crippen LogP contribution in [0.3, 0.4) is 0 Å². The number of imidazole rings is 1. The standard InChI is InChI=1S/C22H19N3O4/c1-27-18-13-15(26)6-7-16(18)21-22(25-9-3-2-4-20(25)24-21)23-14-5-8-17-19(12-14)29-11-10-28-17/h2-9,12-13,23,26H,10-11H2,1H3. The Morgan fingerprint density at radius 1 is 1.03 bits per heavy atom. The number of benzene rings is 2. The highest BCUT2D eigenvalue weighted by molar-refractivity contribution is 5.83. The van der Waals surface area contributed by atoms with Crippen molar-refractivity contribution < 1.29 is 19.3 Å². The lowest BCUT2D eigenvalue weighted by molar-refractivity contribution is 0.171. The van der Waals surface area contributed by atoms with Gasteiger partial charge in [0.25, 0.3) is 0 Å². The number of ether oxygens (including phenoxy) is 3. The molecule has 3 heterocycles. The fourth-order valence-corrected chi connectivity index (χ4v) is 3.44. The molecule has 0 atom stereocenters. The average molecular weight is 389 g/mol. The molecule has 0 bridgehead atoms.